The molecule has 1 atom stereocenters. The number of esters is 1. The Hall–Kier alpha value is -1.36. The van der Waals surface area contributed by atoms with Gasteiger partial charge in [0.25, 0.3) is 0 Å². The maximum Gasteiger partial charge on any atom is 0.375 e. The van der Waals surface area contributed by atoms with Crippen LogP contribution in [0.5, 0.6) is 0 Å². The summed E-state index contributed by atoms with van der Waals surface area (Å²) in [6.45, 7) is 1.90. The van der Waals surface area contributed by atoms with E-state index < -0.39 is 5.97 Å². The number of nitrogens with zero attached hydrogens (tertiary/aromatic N) is 1. The molecule has 0 saturated carbocycles. The molecule has 1 aromatic rings. The van der Waals surface area contributed by atoms with E-state index in [4.69, 9.17) is 4.42 Å². The molecule has 0 radical (unpaired) electrons. The van der Waals surface area contributed by atoms with Crippen LogP contribution in [0.15, 0.2) is 10.6 Å². The molecule has 0 amide bonds. The topological polar surface area (TPSA) is 64.4 Å². The van der Waals surface area contributed by atoms with Crippen LogP contribution in [0.4, 0.5) is 0 Å². The first-order chi connectivity index (χ1) is 7.31. The van der Waals surface area contributed by atoms with Crippen molar-refractivity contribution in [1.29, 1.82) is 0 Å². The number of hydrogen-bond donors (Lipinski definition) is 1. The van der Waals surface area contributed by atoms with Gasteiger partial charge in [0.1, 0.15) is 0 Å². The van der Waals surface area contributed by atoms with Crippen molar-refractivity contribution in [3.63, 3.8) is 0 Å². The SMILES string of the molecule is COC(=O)c1cnc(C2CCCNC2)o1. The molecule has 0 spiro atoms. The van der Waals surface area contributed by atoms with Gasteiger partial charge >= 0.3 is 5.97 Å². The fourth-order valence-corrected chi connectivity index (χ4v) is 1.73. The minimum absolute atomic E-state index is 0.179. The van der Waals surface area contributed by atoms with Gasteiger partial charge in [0.05, 0.1) is 13.3 Å². The molecule has 5 heteroatoms. The Balaban J connectivity index is 2.08. The van der Waals surface area contributed by atoms with Crippen LogP contribution in [0.1, 0.15) is 35.2 Å². The van der Waals surface area contributed by atoms with E-state index in [1.54, 1.807) is 0 Å². The summed E-state index contributed by atoms with van der Waals surface area (Å²) in [6, 6.07) is 0. The number of oxazole rings is 1. The van der Waals surface area contributed by atoms with E-state index in [1.807, 2.05) is 0 Å². The molecule has 2 rings (SSSR count). The minimum atomic E-state index is -0.475. The van der Waals surface area contributed by atoms with Gasteiger partial charge in [-0.3, -0.25) is 0 Å². The van der Waals surface area contributed by atoms with Crippen LogP contribution in [0, 0.1) is 0 Å². The first-order valence-corrected chi connectivity index (χ1v) is 5.06. The third-order valence-electron chi connectivity index (χ3n) is 2.56. The van der Waals surface area contributed by atoms with Crippen LogP contribution in [0.2, 0.25) is 0 Å². The number of ether oxygens (including phenoxy) is 1. The Kier molecular flexibility index (Phi) is 3.01. The lowest BCUT2D eigenvalue weighted by atomic mass is 10.00. The summed E-state index contributed by atoms with van der Waals surface area (Å²) in [5, 5.41) is 3.27. The van der Waals surface area contributed by atoms with E-state index in [-0.39, 0.29) is 11.7 Å². The lowest BCUT2D eigenvalue weighted by Crippen LogP contribution is -2.28. The van der Waals surface area contributed by atoms with Crippen molar-refractivity contribution in [3.8, 4) is 0 Å². The third kappa shape index (κ3) is 2.18. The Bertz CT molecular complexity index is 342. The molecule has 1 N–H and O–H groups in total. The number of carbonyl (C=O) groups excluding carboxylic acids is 1. The highest BCUT2D eigenvalue weighted by molar-refractivity contribution is 5.85. The van der Waals surface area contributed by atoms with E-state index in [2.05, 4.69) is 15.0 Å². The van der Waals surface area contributed by atoms with Gasteiger partial charge in [-0.05, 0) is 19.4 Å². The monoisotopic (exact) mass is 210 g/mol. The van der Waals surface area contributed by atoms with E-state index in [9.17, 15) is 4.79 Å². The molecule has 15 heavy (non-hydrogen) atoms. The summed E-state index contributed by atoms with van der Waals surface area (Å²) >= 11 is 0. The smallest absolute Gasteiger partial charge is 0.375 e. The average molecular weight is 210 g/mol. The maximum atomic E-state index is 11.1. The van der Waals surface area contributed by atoms with E-state index in [1.165, 1.54) is 13.3 Å². The quantitative estimate of drug-likeness (QED) is 0.735. The molecule has 1 saturated heterocycles. The highest BCUT2D eigenvalue weighted by Crippen LogP contribution is 2.22. The Morgan fingerprint density at radius 3 is 3.27 bits per heavy atom. The zero-order chi connectivity index (χ0) is 10.7. The molecule has 0 aliphatic carbocycles. The standard InChI is InChI=1S/C10H14N2O3/c1-14-10(13)8-6-12-9(15-8)7-3-2-4-11-5-7/h6-7,11H,2-5H2,1H3. The Morgan fingerprint density at radius 1 is 1.73 bits per heavy atom. The normalized spacial score (nSPS) is 21.3. The van der Waals surface area contributed by atoms with Gasteiger partial charge in [0.2, 0.25) is 5.76 Å². The second kappa shape index (κ2) is 4.44. The molecular formula is C10H14N2O3. The van der Waals surface area contributed by atoms with Crippen LogP contribution >= 0.6 is 0 Å². The van der Waals surface area contributed by atoms with E-state index >= 15 is 0 Å². The number of hydrogen-bond acceptors (Lipinski definition) is 5. The van der Waals surface area contributed by atoms with E-state index in [0.717, 1.165) is 25.9 Å². The van der Waals surface area contributed by atoms with Crippen molar-refractivity contribution in [2.45, 2.75) is 18.8 Å². The van der Waals surface area contributed by atoms with Crippen LogP contribution in [-0.4, -0.2) is 31.2 Å². The van der Waals surface area contributed by atoms with Crippen molar-refractivity contribution in [2.24, 2.45) is 0 Å². The number of aromatic nitrogens is 1. The van der Waals surface area contributed by atoms with Gasteiger partial charge in [-0.15, -0.1) is 0 Å². The molecule has 5 nitrogen and oxygen atoms in total. The lowest BCUT2D eigenvalue weighted by Gasteiger charge is -2.19. The zero-order valence-electron chi connectivity index (χ0n) is 8.66. The second-order valence-electron chi connectivity index (χ2n) is 3.60. The summed E-state index contributed by atoms with van der Waals surface area (Å²) in [5.41, 5.74) is 0. The highest BCUT2D eigenvalue weighted by Gasteiger charge is 2.21. The molecule has 82 valence electrons. The Labute approximate surface area is 87.8 Å². The average Bonchev–Trinajstić information content (AvgIpc) is 2.78. The van der Waals surface area contributed by atoms with Gasteiger partial charge in [0, 0.05) is 12.5 Å². The first-order valence-electron chi connectivity index (χ1n) is 5.06. The number of carbonyl (C=O) groups is 1. The molecule has 0 bridgehead atoms. The molecule has 1 aromatic heterocycles. The largest absolute Gasteiger partial charge is 0.463 e. The predicted octanol–water partition coefficient (Wildman–Crippen LogP) is 0.928. The first kappa shape index (κ1) is 10.2. The number of methoxy groups -OCH3 is 1. The number of rotatable bonds is 2. The van der Waals surface area contributed by atoms with Crippen molar-refractivity contribution in [1.82, 2.24) is 10.3 Å². The number of piperidine rings is 1. The summed E-state index contributed by atoms with van der Waals surface area (Å²) in [7, 11) is 1.33. The van der Waals surface area contributed by atoms with Gasteiger partial charge in [-0.2, -0.15) is 0 Å². The molecule has 1 unspecified atom stereocenters. The lowest BCUT2D eigenvalue weighted by molar-refractivity contribution is 0.0562. The van der Waals surface area contributed by atoms with Gasteiger partial charge < -0.3 is 14.5 Å². The van der Waals surface area contributed by atoms with Crippen LogP contribution in [-0.2, 0) is 4.74 Å². The molecule has 2 heterocycles. The third-order valence-corrected chi connectivity index (χ3v) is 2.56. The van der Waals surface area contributed by atoms with Gasteiger partial charge in [-0.1, -0.05) is 0 Å². The van der Waals surface area contributed by atoms with Crippen LogP contribution in [0.25, 0.3) is 0 Å². The summed E-state index contributed by atoms with van der Waals surface area (Å²) in [4.78, 5) is 15.2. The van der Waals surface area contributed by atoms with Crippen molar-refractivity contribution in [2.75, 3.05) is 20.2 Å². The van der Waals surface area contributed by atoms with Crippen molar-refractivity contribution in [3.05, 3.63) is 17.8 Å². The molecule has 1 aliphatic heterocycles. The van der Waals surface area contributed by atoms with Crippen LogP contribution in [0.3, 0.4) is 0 Å². The fourth-order valence-electron chi connectivity index (χ4n) is 1.73. The predicted molar refractivity (Wildman–Crippen MR) is 52.7 cm³/mol. The zero-order valence-corrected chi connectivity index (χ0v) is 8.66. The summed E-state index contributed by atoms with van der Waals surface area (Å²) < 4.78 is 9.90. The second-order valence-corrected chi connectivity index (χ2v) is 3.60. The Morgan fingerprint density at radius 2 is 2.60 bits per heavy atom. The van der Waals surface area contributed by atoms with Crippen molar-refractivity contribution < 1.29 is 13.9 Å². The molecule has 1 fully saturated rings. The highest BCUT2D eigenvalue weighted by atomic mass is 16.5. The van der Waals surface area contributed by atoms with Gasteiger partial charge in [0.15, 0.2) is 5.89 Å². The molecule has 0 aromatic carbocycles. The maximum absolute atomic E-state index is 11.1. The summed E-state index contributed by atoms with van der Waals surface area (Å²) in [5.74, 6) is 0.607. The van der Waals surface area contributed by atoms with Crippen LogP contribution < -0.4 is 5.32 Å². The van der Waals surface area contributed by atoms with Gasteiger partial charge in [-0.25, -0.2) is 9.78 Å². The molecular weight excluding hydrogens is 196 g/mol. The van der Waals surface area contributed by atoms with Crippen molar-refractivity contribution >= 4 is 5.97 Å². The van der Waals surface area contributed by atoms with E-state index in [0.29, 0.717) is 5.89 Å². The minimum Gasteiger partial charge on any atom is -0.463 e. The molecule has 1 aliphatic rings. The fraction of sp³-hybridized carbons (Fsp3) is 0.600. The number of nitrogens with one attached hydrogen (secondary N) is 1. The summed E-state index contributed by atoms with van der Waals surface area (Å²) in [6.07, 6.45) is 3.59.